The molecule has 0 radical (unpaired) electrons. The lowest BCUT2D eigenvalue weighted by Gasteiger charge is -2.12. The predicted molar refractivity (Wildman–Crippen MR) is 78.6 cm³/mol. The first-order valence-corrected chi connectivity index (χ1v) is 7.54. The highest BCUT2D eigenvalue weighted by molar-refractivity contribution is 7.99. The van der Waals surface area contributed by atoms with E-state index in [1.807, 2.05) is 42.1 Å². The molecule has 0 aliphatic rings. The lowest BCUT2D eigenvalue weighted by molar-refractivity contribution is -0.121. The number of nitrogens with one attached hydrogen (secondary N) is 1. The van der Waals surface area contributed by atoms with E-state index in [1.54, 1.807) is 0 Å². The number of thioether (sulfide) groups is 1. The van der Waals surface area contributed by atoms with Crippen LogP contribution in [0.4, 0.5) is 0 Å². The molecule has 100 valence electrons. The summed E-state index contributed by atoms with van der Waals surface area (Å²) >= 11 is 1.89. The third kappa shape index (κ3) is 6.07. The number of nitrogens with two attached hydrogens (primary N) is 1. The number of carbonyl (C=O) groups excluding carboxylic acids is 1. The Morgan fingerprint density at radius 1 is 1.39 bits per heavy atom. The fraction of sp³-hybridized carbons (Fsp3) is 0.500. The molecular weight excluding hydrogens is 244 g/mol. The van der Waals surface area contributed by atoms with E-state index in [-0.39, 0.29) is 11.9 Å². The summed E-state index contributed by atoms with van der Waals surface area (Å²) in [7, 11) is 0. The van der Waals surface area contributed by atoms with E-state index >= 15 is 0 Å². The Bertz CT molecular complexity index is 343. The number of hydrogen-bond donors (Lipinski definition) is 2. The molecular formula is C14H22N2OS. The summed E-state index contributed by atoms with van der Waals surface area (Å²) in [6.07, 6.45) is 1.37. The summed E-state index contributed by atoms with van der Waals surface area (Å²) in [6, 6.07) is 9.52. The largest absolute Gasteiger partial charge is 0.356 e. The summed E-state index contributed by atoms with van der Waals surface area (Å²) in [5.41, 5.74) is 6.99. The minimum absolute atomic E-state index is 0.0350. The van der Waals surface area contributed by atoms with Crippen molar-refractivity contribution in [2.75, 3.05) is 18.1 Å². The zero-order valence-electron chi connectivity index (χ0n) is 10.9. The molecule has 0 bridgehead atoms. The molecule has 0 heterocycles. The molecule has 0 aromatic heterocycles. The molecule has 1 aromatic carbocycles. The highest BCUT2D eigenvalue weighted by Gasteiger charge is 2.10. The van der Waals surface area contributed by atoms with Crippen molar-refractivity contribution >= 4 is 17.7 Å². The molecule has 0 fully saturated rings. The van der Waals surface area contributed by atoms with Gasteiger partial charge >= 0.3 is 0 Å². The van der Waals surface area contributed by atoms with Crippen LogP contribution in [0.5, 0.6) is 0 Å². The first kappa shape index (κ1) is 15.1. The first-order chi connectivity index (χ1) is 8.74. The van der Waals surface area contributed by atoms with Crippen LogP contribution in [0.3, 0.4) is 0 Å². The molecule has 0 aliphatic carbocycles. The van der Waals surface area contributed by atoms with E-state index in [1.165, 1.54) is 0 Å². The van der Waals surface area contributed by atoms with E-state index in [0.717, 1.165) is 30.0 Å². The van der Waals surface area contributed by atoms with Gasteiger partial charge in [0.05, 0.1) is 0 Å². The van der Waals surface area contributed by atoms with Gasteiger partial charge in [-0.3, -0.25) is 4.79 Å². The topological polar surface area (TPSA) is 55.1 Å². The molecule has 4 heteroatoms. The van der Waals surface area contributed by atoms with Crippen LogP contribution in [0.1, 0.15) is 31.4 Å². The summed E-state index contributed by atoms with van der Waals surface area (Å²) in [5.74, 6) is 2.27. The molecule has 0 saturated heterocycles. The molecule has 3 nitrogen and oxygen atoms in total. The predicted octanol–water partition coefficient (Wildman–Crippen LogP) is 2.34. The Morgan fingerprint density at radius 3 is 2.78 bits per heavy atom. The van der Waals surface area contributed by atoms with E-state index in [9.17, 15) is 4.79 Å². The SMILES string of the molecule is CCSCCCNC(=O)CC(N)c1ccccc1. The molecule has 1 amide bonds. The zero-order chi connectivity index (χ0) is 13.2. The van der Waals surface area contributed by atoms with Crippen LogP contribution in [0.25, 0.3) is 0 Å². The van der Waals surface area contributed by atoms with Crippen LogP contribution >= 0.6 is 11.8 Å². The van der Waals surface area contributed by atoms with Gasteiger partial charge in [0.25, 0.3) is 0 Å². The number of amides is 1. The Labute approximate surface area is 114 Å². The Morgan fingerprint density at radius 2 is 2.11 bits per heavy atom. The van der Waals surface area contributed by atoms with E-state index in [4.69, 9.17) is 5.73 Å². The number of benzene rings is 1. The van der Waals surface area contributed by atoms with Gasteiger partial charge in [0.1, 0.15) is 0 Å². The molecule has 0 aliphatic heterocycles. The van der Waals surface area contributed by atoms with Crippen molar-refractivity contribution < 1.29 is 4.79 Å². The molecule has 18 heavy (non-hydrogen) atoms. The standard InChI is InChI=1S/C14H22N2OS/c1-2-18-10-6-9-16-14(17)11-13(15)12-7-4-3-5-8-12/h3-5,7-8,13H,2,6,9-11,15H2,1H3,(H,16,17). The Hall–Kier alpha value is -1.00. The van der Waals surface area contributed by atoms with Crippen molar-refractivity contribution in [2.45, 2.75) is 25.8 Å². The minimum Gasteiger partial charge on any atom is -0.356 e. The third-order valence-electron chi connectivity index (χ3n) is 2.62. The number of hydrogen-bond acceptors (Lipinski definition) is 3. The van der Waals surface area contributed by atoms with E-state index in [2.05, 4.69) is 12.2 Å². The van der Waals surface area contributed by atoms with Gasteiger partial charge in [-0.2, -0.15) is 11.8 Å². The number of carbonyl (C=O) groups is 1. The average Bonchev–Trinajstić information content (AvgIpc) is 2.39. The summed E-state index contributed by atoms with van der Waals surface area (Å²) in [6.45, 7) is 2.88. The molecule has 1 aromatic rings. The van der Waals surface area contributed by atoms with Crippen LogP contribution in [-0.2, 0) is 4.79 Å². The fourth-order valence-corrected chi connectivity index (χ4v) is 2.27. The van der Waals surface area contributed by atoms with Crippen molar-refractivity contribution in [3.63, 3.8) is 0 Å². The summed E-state index contributed by atoms with van der Waals surface area (Å²) in [5, 5.41) is 2.91. The lowest BCUT2D eigenvalue weighted by atomic mass is 10.0. The molecule has 1 unspecified atom stereocenters. The second kappa shape index (κ2) is 9.00. The van der Waals surface area contributed by atoms with Gasteiger partial charge in [-0.25, -0.2) is 0 Å². The second-order valence-electron chi connectivity index (χ2n) is 4.12. The van der Waals surface area contributed by atoms with Crippen LogP contribution in [-0.4, -0.2) is 24.0 Å². The smallest absolute Gasteiger partial charge is 0.221 e. The summed E-state index contributed by atoms with van der Waals surface area (Å²) < 4.78 is 0. The van der Waals surface area contributed by atoms with Gasteiger partial charge in [0, 0.05) is 19.0 Å². The maximum Gasteiger partial charge on any atom is 0.221 e. The van der Waals surface area contributed by atoms with Crippen molar-refractivity contribution in [3.8, 4) is 0 Å². The maximum atomic E-state index is 11.7. The van der Waals surface area contributed by atoms with E-state index in [0.29, 0.717) is 6.42 Å². The molecule has 0 saturated carbocycles. The number of rotatable bonds is 8. The monoisotopic (exact) mass is 266 g/mol. The highest BCUT2D eigenvalue weighted by atomic mass is 32.2. The normalized spacial score (nSPS) is 12.1. The highest BCUT2D eigenvalue weighted by Crippen LogP contribution is 2.12. The van der Waals surface area contributed by atoms with E-state index < -0.39 is 0 Å². The lowest BCUT2D eigenvalue weighted by Crippen LogP contribution is -2.28. The zero-order valence-corrected chi connectivity index (χ0v) is 11.7. The minimum atomic E-state index is -0.212. The van der Waals surface area contributed by atoms with Gasteiger partial charge in [0.15, 0.2) is 0 Å². The van der Waals surface area contributed by atoms with Crippen molar-refractivity contribution in [1.29, 1.82) is 0 Å². The van der Waals surface area contributed by atoms with Gasteiger partial charge in [-0.1, -0.05) is 37.3 Å². The Balaban J connectivity index is 2.20. The molecule has 3 N–H and O–H groups in total. The molecule has 1 atom stereocenters. The van der Waals surface area contributed by atoms with Crippen molar-refractivity contribution in [3.05, 3.63) is 35.9 Å². The molecule has 0 spiro atoms. The maximum absolute atomic E-state index is 11.7. The van der Waals surface area contributed by atoms with Gasteiger partial charge in [-0.05, 0) is 23.5 Å². The average molecular weight is 266 g/mol. The van der Waals surface area contributed by atoms with Gasteiger partial charge < -0.3 is 11.1 Å². The van der Waals surface area contributed by atoms with Crippen LogP contribution in [0, 0.1) is 0 Å². The van der Waals surface area contributed by atoms with Gasteiger partial charge in [-0.15, -0.1) is 0 Å². The van der Waals surface area contributed by atoms with Crippen molar-refractivity contribution in [2.24, 2.45) is 5.73 Å². The Kier molecular flexibility index (Phi) is 7.53. The second-order valence-corrected chi connectivity index (χ2v) is 5.52. The molecule has 1 rings (SSSR count). The van der Waals surface area contributed by atoms with Crippen LogP contribution in [0.2, 0.25) is 0 Å². The van der Waals surface area contributed by atoms with Crippen LogP contribution < -0.4 is 11.1 Å². The quantitative estimate of drug-likeness (QED) is 0.710. The van der Waals surface area contributed by atoms with Gasteiger partial charge in [0.2, 0.25) is 5.91 Å². The summed E-state index contributed by atoms with van der Waals surface area (Å²) in [4.78, 5) is 11.7. The fourth-order valence-electron chi connectivity index (χ4n) is 1.64. The first-order valence-electron chi connectivity index (χ1n) is 6.39. The van der Waals surface area contributed by atoms with Crippen LogP contribution in [0.15, 0.2) is 30.3 Å². The van der Waals surface area contributed by atoms with Crippen molar-refractivity contribution in [1.82, 2.24) is 5.32 Å². The third-order valence-corrected chi connectivity index (χ3v) is 3.61.